The van der Waals surface area contributed by atoms with E-state index in [1.807, 2.05) is 86.1 Å². The summed E-state index contributed by atoms with van der Waals surface area (Å²) < 4.78 is 7.37. The standard InChI is InChI=1S/C22H26N4O2/c1-16-19(17(2)26(24-16)18-9-6-5-7-10-18)12-13-22(27)23-15-20(25(3)4)21-11-8-14-28-21/h5-14,20H,15H2,1-4H3,(H,23,27)/b13-12+. The Morgan fingerprint density at radius 2 is 1.96 bits per heavy atom. The lowest BCUT2D eigenvalue weighted by atomic mass is 10.1. The molecule has 0 spiro atoms. The Balaban J connectivity index is 1.68. The fourth-order valence-electron chi connectivity index (χ4n) is 3.15. The van der Waals surface area contributed by atoms with Crippen LogP contribution in [0.3, 0.4) is 0 Å². The zero-order valence-electron chi connectivity index (χ0n) is 16.7. The highest BCUT2D eigenvalue weighted by atomic mass is 16.3. The quantitative estimate of drug-likeness (QED) is 0.639. The minimum Gasteiger partial charge on any atom is -0.468 e. The topological polar surface area (TPSA) is 63.3 Å². The third kappa shape index (κ3) is 4.40. The number of hydrogen-bond donors (Lipinski definition) is 1. The van der Waals surface area contributed by atoms with E-state index in [2.05, 4.69) is 10.4 Å². The molecule has 2 aromatic heterocycles. The first-order valence-electron chi connectivity index (χ1n) is 9.24. The van der Waals surface area contributed by atoms with Crippen LogP contribution in [-0.2, 0) is 4.79 Å². The Bertz CT molecular complexity index is 941. The number of likely N-dealkylation sites (N-methyl/N-ethyl adjacent to an activating group) is 1. The van der Waals surface area contributed by atoms with E-state index in [9.17, 15) is 4.79 Å². The largest absolute Gasteiger partial charge is 0.468 e. The molecule has 0 radical (unpaired) electrons. The molecule has 1 amide bonds. The predicted molar refractivity (Wildman–Crippen MR) is 110 cm³/mol. The van der Waals surface area contributed by atoms with Crippen LogP contribution >= 0.6 is 0 Å². The number of para-hydroxylation sites is 1. The van der Waals surface area contributed by atoms with Crippen LogP contribution in [0.4, 0.5) is 0 Å². The van der Waals surface area contributed by atoms with Gasteiger partial charge in [0.1, 0.15) is 5.76 Å². The maximum absolute atomic E-state index is 12.3. The maximum Gasteiger partial charge on any atom is 0.244 e. The molecule has 0 aliphatic heterocycles. The van der Waals surface area contributed by atoms with Crippen molar-refractivity contribution in [1.82, 2.24) is 20.0 Å². The molecule has 3 aromatic rings. The van der Waals surface area contributed by atoms with Crippen LogP contribution in [0.1, 0.15) is 28.8 Å². The van der Waals surface area contributed by atoms with E-state index in [1.165, 1.54) is 0 Å². The molecule has 1 N–H and O–H groups in total. The van der Waals surface area contributed by atoms with Crippen molar-refractivity contribution in [3.63, 3.8) is 0 Å². The van der Waals surface area contributed by atoms with Crippen molar-refractivity contribution in [2.45, 2.75) is 19.9 Å². The van der Waals surface area contributed by atoms with Crippen LogP contribution in [0.5, 0.6) is 0 Å². The number of amides is 1. The molecule has 0 bridgehead atoms. The minimum absolute atomic E-state index is 0.0170. The molecule has 0 fully saturated rings. The van der Waals surface area contributed by atoms with Crippen molar-refractivity contribution in [2.24, 2.45) is 0 Å². The number of carbonyl (C=O) groups is 1. The summed E-state index contributed by atoms with van der Waals surface area (Å²) in [5.74, 6) is 0.676. The van der Waals surface area contributed by atoms with Crippen molar-refractivity contribution in [3.8, 4) is 5.69 Å². The second-order valence-electron chi connectivity index (χ2n) is 6.91. The molecule has 2 heterocycles. The van der Waals surface area contributed by atoms with Gasteiger partial charge in [-0.05, 0) is 58.3 Å². The van der Waals surface area contributed by atoms with Crippen molar-refractivity contribution in [2.75, 3.05) is 20.6 Å². The van der Waals surface area contributed by atoms with E-state index in [0.29, 0.717) is 6.54 Å². The number of aromatic nitrogens is 2. The highest BCUT2D eigenvalue weighted by molar-refractivity contribution is 5.92. The molecule has 3 rings (SSSR count). The fraction of sp³-hybridized carbons (Fsp3) is 0.273. The summed E-state index contributed by atoms with van der Waals surface area (Å²) >= 11 is 0. The second kappa shape index (κ2) is 8.71. The first kappa shape index (κ1) is 19.6. The lowest BCUT2D eigenvalue weighted by Gasteiger charge is -2.22. The molecule has 6 heteroatoms. The first-order valence-corrected chi connectivity index (χ1v) is 9.24. The number of carbonyl (C=O) groups excluding carboxylic acids is 1. The number of benzene rings is 1. The first-order chi connectivity index (χ1) is 13.5. The molecule has 6 nitrogen and oxygen atoms in total. The number of rotatable bonds is 7. The molecule has 0 saturated carbocycles. The van der Waals surface area contributed by atoms with Gasteiger partial charge in [0.25, 0.3) is 0 Å². The SMILES string of the molecule is Cc1nn(-c2ccccc2)c(C)c1/C=C/C(=O)NCC(c1ccco1)N(C)C. The number of aryl methyl sites for hydroxylation is 1. The lowest BCUT2D eigenvalue weighted by molar-refractivity contribution is -0.116. The summed E-state index contributed by atoms with van der Waals surface area (Å²) in [5.41, 5.74) is 3.83. The third-order valence-electron chi connectivity index (χ3n) is 4.71. The molecule has 1 unspecified atom stereocenters. The van der Waals surface area contributed by atoms with Crippen LogP contribution in [0.2, 0.25) is 0 Å². The average molecular weight is 378 g/mol. The van der Waals surface area contributed by atoms with E-state index in [1.54, 1.807) is 12.3 Å². The average Bonchev–Trinajstić information content (AvgIpc) is 3.29. The highest BCUT2D eigenvalue weighted by Crippen LogP contribution is 2.19. The maximum atomic E-state index is 12.3. The number of nitrogens with zero attached hydrogens (tertiary/aromatic N) is 3. The third-order valence-corrected chi connectivity index (χ3v) is 4.71. The van der Waals surface area contributed by atoms with Crippen LogP contribution in [0.25, 0.3) is 11.8 Å². The Hall–Kier alpha value is -3.12. The summed E-state index contributed by atoms with van der Waals surface area (Å²) in [4.78, 5) is 14.4. The van der Waals surface area contributed by atoms with Gasteiger partial charge in [-0.15, -0.1) is 0 Å². The van der Waals surface area contributed by atoms with E-state index in [-0.39, 0.29) is 11.9 Å². The van der Waals surface area contributed by atoms with Crippen molar-refractivity contribution < 1.29 is 9.21 Å². The van der Waals surface area contributed by atoms with E-state index < -0.39 is 0 Å². The van der Waals surface area contributed by atoms with E-state index >= 15 is 0 Å². The van der Waals surface area contributed by atoms with Gasteiger partial charge in [-0.25, -0.2) is 4.68 Å². The fourth-order valence-corrected chi connectivity index (χ4v) is 3.15. The number of furan rings is 1. The Morgan fingerprint density at radius 3 is 2.61 bits per heavy atom. The van der Waals surface area contributed by atoms with Crippen LogP contribution < -0.4 is 5.32 Å². The van der Waals surface area contributed by atoms with Gasteiger partial charge in [-0.1, -0.05) is 18.2 Å². The summed E-state index contributed by atoms with van der Waals surface area (Å²) in [6.07, 6.45) is 5.02. The van der Waals surface area contributed by atoms with Gasteiger partial charge in [-0.3, -0.25) is 9.69 Å². The molecule has 28 heavy (non-hydrogen) atoms. The Morgan fingerprint density at radius 1 is 1.21 bits per heavy atom. The highest BCUT2D eigenvalue weighted by Gasteiger charge is 2.17. The zero-order chi connectivity index (χ0) is 20.1. The number of nitrogens with one attached hydrogen (secondary N) is 1. The number of hydrogen-bond acceptors (Lipinski definition) is 4. The van der Waals surface area contributed by atoms with Gasteiger partial charge in [0, 0.05) is 23.9 Å². The van der Waals surface area contributed by atoms with Gasteiger partial charge >= 0.3 is 0 Å². The summed E-state index contributed by atoms with van der Waals surface area (Å²) in [7, 11) is 3.92. The van der Waals surface area contributed by atoms with Crippen molar-refractivity contribution in [3.05, 3.63) is 77.5 Å². The van der Waals surface area contributed by atoms with Crippen LogP contribution in [-0.4, -0.2) is 41.2 Å². The van der Waals surface area contributed by atoms with Crippen molar-refractivity contribution in [1.29, 1.82) is 0 Å². The summed E-state index contributed by atoms with van der Waals surface area (Å²) in [6, 6.07) is 13.7. The van der Waals surface area contributed by atoms with Gasteiger partial charge in [0.2, 0.25) is 5.91 Å². The van der Waals surface area contributed by atoms with Crippen molar-refractivity contribution >= 4 is 12.0 Å². The molecule has 0 saturated heterocycles. The Kier molecular flexibility index (Phi) is 6.11. The lowest BCUT2D eigenvalue weighted by Crippen LogP contribution is -2.33. The normalized spacial score (nSPS) is 12.6. The van der Waals surface area contributed by atoms with Crippen LogP contribution in [0, 0.1) is 13.8 Å². The summed E-state index contributed by atoms with van der Waals surface area (Å²) in [5, 5.41) is 7.55. The summed E-state index contributed by atoms with van der Waals surface area (Å²) in [6.45, 7) is 4.41. The monoisotopic (exact) mass is 378 g/mol. The van der Waals surface area contributed by atoms with E-state index in [4.69, 9.17) is 4.42 Å². The predicted octanol–water partition coefficient (Wildman–Crippen LogP) is 3.51. The van der Waals surface area contributed by atoms with Gasteiger partial charge < -0.3 is 9.73 Å². The van der Waals surface area contributed by atoms with Gasteiger partial charge in [-0.2, -0.15) is 5.10 Å². The van der Waals surface area contributed by atoms with Gasteiger partial charge in [0.15, 0.2) is 0 Å². The smallest absolute Gasteiger partial charge is 0.244 e. The molecule has 1 atom stereocenters. The molecular weight excluding hydrogens is 352 g/mol. The molecule has 1 aromatic carbocycles. The van der Waals surface area contributed by atoms with E-state index in [0.717, 1.165) is 28.4 Å². The second-order valence-corrected chi connectivity index (χ2v) is 6.91. The van der Waals surface area contributed by atoms with Gasteiger partial charge in [0.05, 0.1) is 23.7 Å². The zero-order valence-corrected chi connectivity index (χ0v) is 16.7. The van der Waals surface area contributed by atoms with Crippen LogP contribution in [0.15, 0.2) is 59.2 Å². The molecular formula is C22H26N4O2. The minimum atomic E-state index is -0.148. The molecule has 0 aliphatic rings. The Labute approximate surface area is 165 Å². The molecule has 0 aliphatic carbocycles. The molecule has 146 valence electrons.